The summed E-state index contributed by atoms with van der Waals surface area (Å²) >= 11 is 0. The molecule has 1 aromatic carbocycles. The molecule has 0 aliphatic carbocycles. The molecule has 0 heterocycles. The smallest absolute Gasteiger partial charge is 0.240 e. The summed E-state index contributed by atoms with van der Waals surface area (Å²) < 4.78 is 25.9. The van der Waals surface area contributed by atoms with Crippen molar-refractivity contribution in [3.63, 3.8) is 0 Å². The summed E-state index contributed by atoms with van der Waals surface area (Å²) in [5, 5.41) is 6.64. The van der Waals surface area contributed by atoms with Crippen molar-refractivity contribution < 1.29 is 8.42 Å². The maximum Gasteiger partial charge on any atom is 0.240 e. The van der Waals surface area contributed by atoms with E-state index >= 15 is 0 Å². The van der Waals surface area contributed by atoms with Crippen molar-refractivity contribution in [2.75, 3.05) is 25.5 Å². The number of anilines is 1. The second-order valence-corrected chi connectivity index (χ2v) is 7.67. The highest BCUT2D eigenvalue weighted by Crippen LogP contribution is 2.19. The Labute approximate surface area is 122 Å². The summed E-state index contributed by atoms with van der Waals surface area (Å²) in [6, 6.07) is 5.09. The van der Waals surface area contributed by atoms with Gasteiger partial charge in [0.2, 0.25) is 10.0 Å². The lowest BCUT2D eigenvalue weighted by molar-refractivity contribution is 0.435. The summed E-state index contributed by atoms with van der Waals surface area (Å²) in [6.45, 7) is 9.83. The van der Waals surface area contributed by atoms with Gasteiger partial charge in [-0.15, -0.1) is 0 Å². The van der Waals surface area contributed by atoms with Gasteiger partial charge in [0.1, 0.15) is 0 Å². The minimum atomic E-state index is -3.40. The minimum absolute atomic E-state index is 0.0774. The van der Waals surface area contributed by atoms with Gasteiger partial charge < -0.3 is 10.6 Å². The van der Waals surface area contributed by atoms with E-state index in [0.29, 0.717) is 0 Å². The van der Waals surface area contributed by atoms with Gasteiger partial charge in [-0.3, -0.25) is 0 Å². The van der Waals surface area contributed by atoms with Crippen molar-refractivity contribution in [2.45, 2.75) is 38.1 Å². The number of hydrogen-bond acceptors (Lipinski definition) is 4. The first-order chi connectivity index (χ1) is 9.15. The Morgan fingerprint density at radius 3 is 2.35 bits per heavy atom. The van der Waals surface area contributed by atoms with Gasteiger partial charge in [0.25, 0.3) is 0 Å². The molecule has 0 amide bonds. The Hall–Kier alpha value is -1.11. The van der Waals surface area contributed by atoms with E-state index in [0.717, 1.165) is 24.3 Å². The van der Waals surface area contributed by atoms with Crippen LogP contribution in [-0.4, -0.2) is 34.1 Å². The lowest BCUT2D eigenvalue weighted by atomic mass is 10.1. The Balaban J connectivity index is 2.73. The Morgan fingerprint density at radius 2 is 1.80 bits per heavy atom. The molecule has 0 unspecified atom stereocenters. The second kappa shape index (κ2) is 6.56. The average molecular weight is 299 g/mol. The van der Waals surface area contributed by atoms with E-state index in [-0.39, 0.29) is 10.4 Å². The average Bonchev–Trinajstić information content (AvgIpc) is 2.35. The van der Waals surface area contributed by atoms with E-state index in [1.807, 2.05) is 13.0 Å². The van der Waals surface area contributed by atoms with E-state index in [4.69, 9.17) is 0 Å². The quantitative estimate of drug-likeness (QED) is 0.699. The monoisotopic (exact) mass is 299 g/mol. The Bertz CT molecular complexity index is 548. The van der Waals surface area contributed by atoms with E-state index < -0.39 is 10.0 Å². The molecule has 0 bridgehead atoms. The van der Waals surface area contributed by atoms with Crippen LogP contribution >= 0.6 is 0 Å². The number of sulfonamides is 1. The maximum absolute atomic E-state index is 11.8. The van der Waals surface area contributed by atoms with Crippen LogP contribution in [0, 0.1) is 6.92 Å². The summed E-state index contributed by atoms with van der Waals surface area (Å²) in [4.78, 5) is 0.275. The number of benzene rings is 1. The summed E-state index contributed by atoms with van der Waals surface area (Å²) in [5.74, 6) is 0. The number of aryl methyl sites for hydroxylation is 1. The molecule has 20 heavy (non-hydrogen) atoms. The minimum Gasteiger partial charge on any atom is -0.384 e. The Morgan fingerprint density at radius 1 is 1.15 bits per heavy atom. The predicted octanol–water partition coefficient (Wildman–Crippen LogP) is 1.70. The van der Waals surface area contributed by atoms with Gasteiger partial charge >= 0.3 is 0 Å². The molecule has 0 saturated carbocycles. The fraction of sp³-hybridized carbons (Fsp3) is 0.571. The molecule has 0 fully saturated rings. The summed E-state index contributed by atoms with van der Waals surface area (Å²) in [7, 11) is -1.98. The fourth-order valence-electron chi connectivity index (χ4n) is 1.71. The van der Waals surface area contributed by atoms with E-state index in [9.17, 15) is 8.42 Å². The SMILES string of the molecule is CNS(=O)(=O)c1ccc(C)c(NCCNC(C)(C)C)c1. The van der Waals surface area contributed by atoms with Crippen LogP contribution in [0.5, 0.6) is 0 Å². The molecule has 0 aliphatic rings. The zero-order valence-electron chi connectivity index (χ0n) is 12.9. The van der Waals surface area contributed by atoms with Gasteiger partial charge in [0.05, 0.1) is 4.90 Å². The van der Waals surface area contributed by atoms with Crippen LogP contribution in [0.3, 0.4) is 0 Å². The van der Waals surface area contributed by atoms with Gasteiger partial charge in [-0.25, -0.2) is 13.1 Å². The molecule has 6 heteroatoms. The van der Waals surface area contributed by atoms with Gasteiger partial charge in [-0.2, -0.15) is 0 Å². The van der Waals surface area contributed by atoms with Crippen molar-refractivity contribution in [3.05, 3.63) is 23.8 Å². The van der Waals surface area contributed by atoms with Crippen molar-refractivity contribution in [1.29, 1.82) is 0 Å². The molecule has 0 radical (unpaired) electrons. The Kier molecular flexibility index (Phi) is 5.56. The summed E-state index contributed by atoms with van der Waals surface area (Å²) in [5.41, 5.74) is 1.95. The molecule has 1 rings (SSSR count). The number of rotatable bonds is 6. The third kappa shape index (κ3) is 5.11. The molecule has 0 saturated heterocycles. The van der Waals surface area contributed by atoms with Crippen LogP contribution in [0.25, 0.3) is 0 Å². The first kappa shape index (κ1) is 16.9. The third-order valence-corrected chi connectivity index (χ3v) is 4.30. The van der Waals surface area contributed by atoms with Crippen LogP contribution in [0.4, 0.5) is 5.69 Å². The lowest BCUT2D eigenvalue weighted by Gasteiger charge is -2.21. The van der Waals surface area contributed by atoms with E-state index in [2.05, 4.69) is 36.1 Å². The van der Waals surface area contributed by atoms with Crippen LogP contribution in [-0.2, 0) is 10.0 Å². The molecule has 3 N–H and O–H groups in total. The molecular weight excluding hydrogens is 274 g/mol. The first-order valence-corrected chi connectivity index (χ1v) is 8.17. The molecule has 1 aromatic rings. The van der Waals surface area contributed by atoms with E-state index in [1.54, 1.807) is 12.1 Å². The molecule has 0 aromatic heterocycles. The van der Waals surface area contributed by atoms with Crippen molar-refractivity contribution in [2.24, 2.45) is 0 Å². The summed E-state index contributed by atoms with van der Waals surface area (Å²) in [6.07, 6.45) is 0. The molecule has 0 aliphatic heterocycles. The van der Waals surface area contributed by atoms with Gasteiger partial charge in [-0.1, -0.05) is 6.07 Å². The predicted molar refractivity (Wildman–Crippen MR) is 83.7 cm³/mol. The maximum atomic E-state index is 11.8. The highest BCUT2D eigenvalue weighted by atomic mass is 32.2. The normalized spacial score (nSPS) is 12.4. The topological polar surface area (TPSA) is 70.2 Å². The molecule has 5 nitrogen and oxygen atoms in total. The largest absolute Gasteiger partial charge is 0.384 e. The zero-order valence-corrected chi connectivity index (χ0v) is 13.7. The van der Waals surface area contributed by atoms with Gasteiger partial charge in [-0.05, 0) is 52.4 Å². The molecule has 114 valence electrons. The number of nitrogens with one attached hydrogen (secondary N) is 3. The highest BCUT2D eigenvalue weighted by Gasteiger charge is 2.13. The van der Waals surface area contributed by atoms with Gasteiger partial charge in [0, 0.05) is 24.3 Å². The van der Waals surface area contributed by atoms with Crippen LogP contribution in [0.1, 0.15) is 26.3 Å². The fourth-order valence-corrected chi connectivity index (χ4v) is 2.47. The lowest BCUT2D eigenvalue weighted by Crippen LogP contribution is -2.38. The molecule has 0 spiro atoms. The molecular formula is C14H25N3O2S. The highest BCUT2D eigenvalue weighted by molar-refractivity contribution is 7.89. The number of hydrogen-bond donors (Lipinski definition) is 3. The van der Waals surface area contributed by atoms with Crippen molar-refractivity contribution in [1.82, 2.24) is 10.0 Å². The van der Waals surface area contributed by atoms with E-state index in [1.165, 1.54) is 7.05 Å². The first-order valence-electron chi connectivity index (χ1n) is 6.69. The van der Waals surface area contributed by atoms with Crippen LogP contribution in [0.15, 0.2) is 23.1 Å². The third-order valence-electron chi connectivity index (χ3n) is 2.88. The van der Waals surface area contributed by atoms with Crippen LogP contribution in [0.2, 0.25) is 0 Å². The standard InChI is InChI=1S/C14H25N3O2S/c1-11-6-7-12(20(18,19)15-5)10-13(11)16-8-9-17-14(2,3)4/h6-7,10,15-17H,8-9H2,1-5H3. The zero-order chi connectivity index (χ0) is 15.4. The van der Waals surface area contributed by atoms with Gasteiger partial charge in [0.15, 0.2) is 0 Å². The van der Waals surface area contributed by atoms with Crippen molar-refractivity contribution in [3.8, 4) is 0 Å². The van der Waals surface area contributed by atoms with Crippen LogP contribution < -0.4 is 15.4 Å². The second-order valence-electron chi connectivity index (χ2n) is 5.79. The van der Waals surface area contributed by atoms with Crippen molar-refractivity contribution >= 4 is 15.7 Å². The molecule has 0 atom stereocenters.